The summed E-state index contributed by atoms with van der Waals surface area (Å²) in [5.74, 6) is 2.54. The molecule has 2 heterocycles. The Labute approximate surface area is 139 Å². The number of nitrogens with one attached hydrogen (secondary N) is 1. The Kier molecular flexibility index (Phi) is 3.67. The van der Waals surface area contributed by atoms with Crippen LogP contribution in [-0.4, -0.2) is 16.9 Å². The van der Waals surface area contributed by atoms with Crippen LogP contribution in [0.4, 0.5) is 5.82 Å². The van der Waals surface area contributed by atoms with Crippen molar-refractivity contribution in [1.82, 2.24) is 4.98 Å². The highest BCUT2D eigenvalue weighted by Gasteiger charge is 2.13. The van der Waals surface area contributed by atoms with E-state index in [1.54, 1.807) is 18.3 Å². The molecule has 0 saturated carbocycles. The van der Waals surface area contributed by atoms with Gasteiger partial charge in [0.1, 0.15) is 11.6 Å². The van der Waals surface area contributed by atoms with E-state index in [0.29, 0.717) is 6.54 Å². The molecule has 1 aromatic heterocycles. The second kappa shape index (κ2) is 6.12. The number of phenols is 1. The summed E-state index contributed by atoms with van der Waals surface area (Å²) in [6, 6.07) is 16.9. The summed E-state index contributed by atoms with van der Waals surface area (Å²) in [6.45, 7) is 0.883. The lowest BCUT2D eigenvalue weighted by atomic mass is 10.1. The van der Waals surface area contributed by atoms with Gasteiger partial charge >= 0.3 is 0 Å². The Morgan fingerprint density at radius 1 is 1.00 bits per heavy atom. The molecule has 2 aromatic carbocycles. The largest absolute Gasteiger partial charge is 0.508 e. The number of hydrogen-bond donors (Lipinski definition) is 2. The molecule has 3 aromatic rings. The third kappa shape index (κ3) is 2.84. The number of ether oxygens (including phenoxy) is 2. The number of benzene rings is 2. The van der Waals surface area contributed by atoms with E-state index in [9.17, 15) is 5.11 Å². The minimum Gasteiger partial charge on any atom is -0.508 e. The first-order chi connectivity index (χ1) is 11.8. The maximum absolute atomic E-state index is 9.70. The zero-order valence-electron chi connectivity index (χ0n) is 12.9. The molecule has 120 valence electrons. The van der Waals surface area contributed by atoms with Crippen molar-refractivity contribution in [3.8, 4) is 28.4 Å². The van der Waals surface area contributed by atoms with Gasteiger partial charge in [-0.25, -0.2) is 4.98 Å². The third-order valence-electron chi connectivity index (χ3n) is 3.86. The highest BCUT2D eigenvalue weighted by Crippen LogP contribution is 2.33. The van der Waals surface area contributed by atoms with E-state index in [4.69, 9.17) is 9.47 Å². The predicted octanol–water partition coefficient (Wildman–Crippen LogP) is 3.80. The summed E-state index contributed by atoms with van der Waals surface area (Å²) in [7, 11) is 0. The molecular formula is C19H16N2O3. The molecule has 0 amide bonds. The fourth-order valence-electron chi connectivity index (χ4n) is 2.69. The highest BCUT2D eigenvalue weighted by molar-refractivity contribution is 5.75. The number of aromatic nitrogens is 1. The van der Waals surface area contributed by atoms with Crippen LogP contribution in [0, 0.1) is 0 Å². The molecule has 0 atom stereocenters. The Balaban J connectivity index is 1.57. The summed E-state index contributed by atoms with van der Waals surface area (Å²) in [6.07, 6.45) is 1.74. The van der Waals surface area contributed by atoms with Crippen molar-refractivity contribution in [2.24, 2.45) is 0 Å². The molecule has 5 heteroatoms. The Bertz CT molecular complexity index is 880. The molecule has 0 aliphatic carbocycles. The standard InChI is InChI=1S/C19H16N2O3/c22-15-4-1-3-14(10-15)16-5-2-8-20-19(16)21-11-13-6-7-17-18(9-13)24-12-23-17/h1-10,22H,11-12H2,(H,20,21). The molecule has 0 fully saturated rings. The number of rotatable bonds is 4. The van der Waals surface area contributed by atoms with Crippen molar-refractivity contribution in [3.63, 3.8) is 0 Å². The molecule has 0 spiro atoms. The molecular weight excluding hydrogens is 304 g/mol. The smallest absolute Gasteiger partial charge is 0.231 e. The van der Waals surface area contributed by atoms with E-state index in [-0.39, 0.29) is 12.5 Å². The van der Waals surface area contributed by atoms with Crippen molar-refractivity contribution in [3.05, 3.63) is 66.4 Å². The quantitative estimate of drug-likeness (QED) is 0.765. The van der Waals surface area contributed by atoms with Gasteiger partial charge in [0.05, 0.1) is 0 Å². The minimum absolute atomic E-state index is 0.234. The van der Waals surface area contributed by atoms with Gasteiger partial charge in [0, 0.05) is 18.3 Å². The maximum atomic E-state index is 9.70. The molecule has 24 heavy (non-hydrogen) atoms. The SMILES string of the molecule is Oc1cccc(-c2cccnc2NCc2ccc3c(c2)OCO3)c1. The number of fused-ring (bicyclic) bond motifs is 1. The molecule has 0 bridgehead atoms. The van der Waals surface area contributed by atoms with Crippen LogP contribution in [0.3, 0.4) is 0 Å². The molecule has 1 aliphatic heterocycles. The van der Waals surface area contributed by atoms with Gasteiger partial charge in [-0.05, 0) is 47.5 Å². The minimum atomic E-state index is 0.234. The average molecular weight is 320 g/mol. The van der Waals surface area contributed by atoms with Gasteiger partial charge in [0.2, 0.25) is 6.79 Å². The summed E-state index contributed by atoms with van der Waals surface area (Å²) in [4.78, 5) is 4.42. The lowest BCUT2D eigenvalue weighted by molar-refractivity contribution is 0.174. The average Bonchev–Trinajstić information content (AvgIpc) is 3.08. The molecule has 2 N–H and O–H groups in total. The third-order valence-corrected chi connectivity index (χ3v) is 3.86. The van der Waals surface area contributed by atoms with Gasteiger partial charge in [0.15, 0.2) is 11.5 Å². The Morgan fingerprint density at radius 3 is 2.83 bits per heavy atom. The number of hydrogen-bond acceptors (Lipinski definition) is 5. The zero-order valence-corrected chi connectivity index (χ0v) is 12.9. The molecule has 0 saturated heterocycles. The molecule has 1 aliphatic rings. The van der Waals surface area contributed by atoms with Crippen LogP contribution < -0.4 is 14.8 Å². The summed E-state index contributed by atoms with van der Waals surface area (Å²) in [5.41, 5.74) is 2.93. The van der Waals surface area contributed by atoms with E-state index < -0.39 is 0 Å². The number of aromatic hydroxyl groups is 1. The topological polar surface area (TPSA) is 63.6 Å². The first kappa shape index (κ1) is 14.4. The fourth-order valence-corrected chi connectivity index (χ4v) is 2.69. The lowest BCUT2D eigenvalue weighted by Gasteiger charge is -2.11. The van der Waals surface area contributed by atoms with Gasteiger partial charge in [-0.15, -0.1) is 0 Å². The highest BCUT2D eigenvalue weighted by atomic mass is 16.7. The van der Waals surface area contributed by atoms with Gasteiger partial charge in [0.25, 0.3) is 0 Å². The first-order valence-electron chi connectivity index (χ1n) is 7.66. The zero-order chi connectivity index (χ0) is 16.4. The lowest BCUT2D eigenvalue weighted by Crippen LogP contribution is -2.03. The van der Waals surface area contributed by atoms with Crippen molar-refractivity contribution < 1.29 is 14.6 Å². The van der Waals surface area contributed by atoms with Gasteiger partial charge < -0.3 is 19.9 Å². The van der Waals surface area contributed by atoms with E-state index in [1.807, 2.05) is 42.5 Å². The Morgan fingerprint density at radius 2 is 1.92 bits per heavy atom. The summed E-state index contributed by atoms with van der Waals surface area (Å²) >= 11 is 0. The van der Waals surface area contributed by atoms with Crippen molar-refractivity contribution in [2.45, 2.75) is 6.54 Å². The fraction of sp³-hybridized carbons (Fsp3) is 0.105. The maximum Gasteiger partial charge on any atom is 0.231 e. The van der Waals surface area contributed by atoms with Gasteiger partial charge in [-0.1, -0.05) is 18.2 Å². The number of anilines is 1. The normalized spacial score (nSPS) is 12.2. The second-order valence-corrected chi connectivity index (χ2v) is 5.49. The number of pyridine rings is 1. The van der Waals surface area contributed by atoms with Crippen LogP contribution >= 0.6 is 0 Å². The van der Waals surface area contributed by atoms with Crippen molar-refractivity contribution in [2.75, 3.05) is 12.1 Å². The number of nitrogens with zero attached hydrogens (tertiary/aromatic N) is 1. The molecule has 4 rings (SSSR count). The van der Waals surface area contributed by atoms with Crippen molar-refractivity contribution >= 4 is 5.82 Å². The van der Waals surface area contributed by atoms with Gasteiger partial charge in [-0.2, -0.15) is 0 Å². The van der Waals surface area contributed by atoms with E-state index in [2.05, 4.69) is 10.3 Å². The van der Waals surface area contributed by atoms with Crippen LogP contribution in [0.15, 0.2) is 60.8 Å². The monoisotopic (exact) mass is 320 g/mol. The van der Waals surface area contributed by atoms with E-state index in [1.165, 1.54) is 0 Å². The second-order valence-electron chi connectivity index (χ2n) is 5.49. The summed E-state index contributed by atoms with van der Waals surface area (Å²) < 4.78 is 10.7. The predicted molar refractivity (Wildman–Crippen MR) is 91.2 cm³/mol. The van der Waals surface area contributed by atoms with E-state index in [0.717, 1.165) is 34.0 Å². The van der Waals surface area contributed by atoms with E-state index >= 15 is 0 Å². The van der Waals surface area contributed by atoms with Crippen LogP contribution in [0.25, 0.3) is 11.1 Å². The van der Waals surface area contributed by atoms with Crippen LogP contribution in [0.1, 0.15) is 5.56 Å². The van der Waals surface area contributed by atoms with Crippen molar-refractivity contribution in [1.29, 1.82) is 0 Å². The van der Waals surface area contributed by atoms with Crippen LogP contribution in [0.5, 0.6) is 17.2 Å². The first-order valence-corrected chi connectivity index (χ1v) is 7.66. The molecule has 0 radical (unpaired) electrons. The van der Waals surface area contributed by atoms with Crippen LogP contribution in [-0.2, 0) is 6.54 Å². The number of phenolic OH excluding ortho intramolecular Hbond substituents is 1. The molecule has 5 nitrogen and oxygen atoms in total. The Hall–Kier alpha value is -3.21. The summed E-state index contributed by atoms with van der Waals surface area (Å²) in [5, 5.41) is 13.0. The molecule has 0 unspecified atom stereocenters. The van der Waals surface area contributed by atoms with Gasteiger partial charge in [-0.3, -0.25) is 0 Å². The van der Waals surface area contributed by atoms with Crippen LogP contribution in [0.2, 0.25) is 0 Å².